The normalized spacial score (nSPS) is 20.5. The highest BCUT2D eigenvalue weighted by Gasteiger charge is 2.20. The highest BCUT2D eigenvalue weighted by Crippen LogP contribution is 2.24. The average Bonchev–Trinajstić information content (AvgIpc) is 3.34. The minimum Gasteiger partial charge on any atom is -0.390 e. The Hall–Kier alpha value is -2.17. The number of rotatable bonds is 5. The first-order chi connectivity index (χ1) is 12.3. The minimum absolute atomic E-state index is 0.0172. The Labute approximate surface area is 149 Å². The molecule has 0 saturated carbocycles. The summed E-state index contributed by atoms with van der Waals surface area (Å²) in [4.78, 5) is 7.88. The molecular formula is C21H25N3O. The quantitative estimate of drug-likeness (QED) is 0.911. The van der Waals surface area contributed by atoms with E-state index in [-0.39, 0.29) is 6.10 Å². The molecule has 2 N–H and O–H groups in total. The van der Waals surface area contributed by atoms with E-state index in [0.717, 1.165) is 24.2 Å². The molecule has 25 heavy (non-hydrogen) atoms. The van der Waals surface area contributed by atoms with Crippen molar-refractivity contribution in [3.8, 4) is 11.1 Å². The summed E-state index contributed by atoms with van der Waals surface area (Å²) < 4.78 is 0. The zero-order valence-corrected chi connectivity index (χ0v) is 14.5. The summed E-state index contributed by atoms with van der Waals surface area (Å²) >= 11 is 0. The number of hydrogen-bond donors (Lipinski definition) is 1. The van der Waals surface area contributed by atoms with Crippen molar-refractivity contribution in [2.24, 2.45) is 10.9 Å². The second-order valence-electron chi connectivity index (χ2n) is 6.97. The number of benzene rings is 2. The molecule has 2 aromatic rings. The van der Waals surface area contributed by atoms with E-state index < -0.39 is 0 Å². The summed E-state index contributed by atoms with van der Waals surface area (Å²) in [5, 5.41) is 4.20. The van der Waals surface area contributed by atoms with Crippen molar-refractivity contribution in [1.29, 1.82) is 0 Å². The van der Waals surface area contributed by atoms with E-state index in [1.54, 1.807) is 0 Å². The van der Waals surface area contributed by atoms with Gasteiger partial charge < -0.3 is 10.6 Å². The molecular weight excluding hydrogens is 310 g/mol. The fourth-order valence-electron chi connectivity index (χ4n) is 3.61. The predicted octanol–water partition coefficient (Wildman–Crippen LogP) is 3.40. The van der Waals surface area contributed by atoms with Gasteiger partial charge in [-0.05, 0) is 48.7 Å². The minimum atomic E-state index is 0.0172. The van der Waals surface area contributed by atoms with Gasteiger partial charge in [0.2, 0.25) is 0 Å². The maximum atomic E-state index is 5.67. The number of likely N-dealkylation sites (tertiary alicyclic amines) is 1. The Kier molecular flexibility index (Phi) is 4.81. The standard InChI is InChI=1S/C21H25N3O/c22-14-20-13-21(23-25-20)19-5-3-4-18(12-19)17-8-6-16(7-9-17)15-24-10-1-2-11-24/h3-9,12,20H,1-2,10-11,13-15,22H2. The van der Waals surface area contributed by atoms with Gasteiger partial charge in [-0.15, -0.1) is 0 Å². The lowest BCUT2D eigenvalue weighted by Crippen LogP contribution is -2.20. The van der Waals surface area contributed by atoms with Crippen LogP contribution in [0.4, 0.5) is 0 Å². The van der Waals surface area contributed by atoms with Crippen LogP contribution < -0.4 is 5.73 Å². The van der Waals surface area contributed by atoms with Gasteiger partial charge in [0.05, 0.1) is 5.71 Å². The Bertz CT molecular complexity index is 748. The molecule has 0 spiro atoms. The lowest BCUT2D eigenvalue weighted by molar-refractivity contribution is 0.0918. The van der Waals surface area contributed by atoms with Crippen molar-refractivity contribution >= 4 is 5.71 Å². The zero-order chi connectivity index (χ0) is 17.1. The van der Waals surface area contributed by atoms with Crippen LogP contribution in [0, 0.1) is 0 Å². The number of nitrogens with two attached hydrogens (primary N) is 1. The molecule has 1 saturated heterocycles. The lowest BCUT2D eigenvalue weighted by atomic mass is 9.98. The highest BCUT2D eigenvalue weighted by atomic mass is 16.6. The van der Waals surface area contributed by atoms with Crippen LogP contribution >= 0.6 is 0 Å². The fraction of sp³-hybridized carbons (Fsp3) is 0.381. The highest BCUT2D eigenvalue weighted by molar-refractivity contribution is 6.02. The van der Waals surface area contributed by atoms with Gasteiger partial charge in [-0.1, -0.05) is 47.6 Å². The van der Waals surface area contributed by atoms with Crippen LogP contribution in [-0.4, -0.2) is 36.3 Å². The molecule has 2 aliphatic rings. The van der Waals surface area contributed by atoms with Gasteiger partial charge in [-0.25, -0.2) is 0 Å². The van der Waals surface area contributed by atoms with E-state index in [1.807, 2.05) is 0 Å². The van der Waals surface area contributed by atoms with Gasteiger partial charge in [-0.3, -0.25) is 4.90 Å². The Morgan fingerprint density at radius 3 is 2.48 bits per heavy atom. The molecule has 0 bridgehead atoms. The van der Waals surface area contributed by atoms with Crippen molar-refractivity contribution < 1.29 is 4.84 Å². The summed E-state index contributed by atoms with van der Waals surface area (Å²) in [6, 6.07) is 17.5. The second kappa shape index (κ2) is 7.38. The van der Waals surface area contributed by atoms with Crippen LogP contribution in [0.2, 0.25) is 0 Å². The number of hydrogen-bond acceptors (Lipinski definition) is 4. The van der Waals surface area contributed by atoms with Gasteiger partial charge >= 0.3 is 0 Å². The first-order valence-electron chi connectivity index (χ1n) is 9.17. The molecule has 130 valence electrons. The molecule has 0 radical (unpaired) electrons. The maximum absolute atomic E-state index is 5.67. The van der Waals surface area contributed by atoms with Gasteiger partial charge in [0.25, 0.3) is 0 Å². The van der Waals surface area contributed by atoms with Crippen molar-refractivity contribution in [3.05, 3.63) is 59.7 Å². The van der Waals surface area contributed by atoms with Crippen molar-refractivity contribution in [3.63, 3.8) is 0 Å². The van der Waals surface area contributed by atoms with Crippen LogP contribution in [0.3, 0.4) is 0 Å². The first kappa shape index (κ1) is 16.3. The molecule has 1 fully saturated rings. The van der Waals surface area contributed by atoms with E-state index in [2.05, 4.69) is 58.6 Å². The van der Waals surface area contributed by atoms with E-state index >= 15 is 0 Å². The number of nitrogens with zero attached hydrogens (tertiary/aromatic N) is 2. The molecule has 0 amide bonds. The summed E-state index contributed by atoms with van der Waals surface area (Å²) in [7, 11) is 0. The smallest absolute Gasteiger partial charge is 0.145 e. The van der Waals surface area contributed by atoms with Crippen molar-refractivity contribution in [2.45, 2.75) is 31.9 Å². The lowest BCUT2D eigenvalue weighted by Gasteiger charge is -2.14. The van der Waals surface area contributed by atoms with Gasteiger partial charge in [0.1, 0.15) is 6.10 Å². The number of oxime groups is 1. The molecule has 2 aliphatic heterocycles. The average molecular weight is 335 g/mol. The second-order valence-corrected chi connectivity index (χ2v) is 6.97. The largest absolute Gasteiger partial charge is 0.390 e. The molecule has 1 unspecified atom stereocenters. The van der Waals surface area contributed by atoms with E-state index in [9.17, 15) is 0 Å². The zero-order valence-electron chi connectivity index (χ0n) is 14.5. The predicted molar refractivity (Wildman–Crippen MR) is 101 cm³/mol. The summed E-state index contributed by atoms with van der Waals surface area (Å²) in [5.74, 6) is 0. The molecule has 1 atom stereocenters. The van der Waals surface area contributed by atoms with Crippen LogP contribution in [0.5, 0.6) is 0 Å². The summed E-state index contributed by atoms with van der Waals surface area (Å²) in [6.07, 6.45) is 3.48. The SMILES string of the molecule is NCC1CC(c2cccc(-c3ccc(CN4CCCC4)cc3)c2)=NO1. The molecule has 0 aliphatic carbocycles. The molecule has 4 rings (SSSR count). The van der Waals surface area contributed by atoms with E-state index in [1.165, 1.54) is 42.6 Å². The third-order valence-electron chi connectivity index (χ3n) is 5.08. The van der Waals surface area contributed by atoms with Crippen molar-refractivity contribution in [2.75, 3.05) is 19.6 Å². The summed E-state index contributed by atoms with van der Waals surface area (Å²) in [6.45, 7) is 4.04. The Morgan fingerprint density at radius 2 is 1.76 bits per heavy atom. The molecule has 2 aromatic carbocycles. The molecule has 4 nitrogen and oxygen atoms in total. The first-order valence-corrected chi connectivity index (χ1v) is 9.17. The fourth-order valence-corrected chi connectivity index (χ4v) is 3.61. The van der Waals surface area contributed by atoms with Crippen LogP contribution in [0.1, 0.15) is 30.4 Å². The monoisotopic (exact) mass is 335 g/mol. The van der Waals surface area contributed by atoms with Gasteiger partial charge in [-0.2, -0.15) is 0 Å². The maximum Gasteiger partial charge on any atom is 0.145 e. The van der Waals surface area contributed by atoms with E-state index in [0.29, 0.717) is 6.54 Å². The molecule has 2 heterocycles. The molecule has 0 aromatic heterocycles. The van der Waals surface area contributed by atoms with Gasteiger partial charge in [0, 0.05) is 25.1 Å². The van der Waals surface area contributed by atoms with Crippen LogP contribution in [-0.2, 0) is 11.4 Å². The Morgan fingerprint density at radius 1 is 1.00 bits per heavy atom. The molecule has 4 heteroatoms. The third-order valence-corrected chi connectivity index (χ3v) is 5.08. The van der Waals surface area contributed by atoms with Crippen LogP contribution in [0.15, 0.2) is 53.7 Å². The summed E-state index contributed by atoms with van der Waals surface area (Å²) in [5.41, 5.74) is 11.6. The van der Waals surface area contributed by atoms with Crippen molar-refractivity contribution in [1.82, 2.24) is 4.90 Å². The third kappa shape index (κ3) is 3.75. The van der Waals surface area contributed by atoms with E-state index in [4.69, 9.17) is 10.6 Å². The Balaban J connectivity index is 1.49. The van der Waals surface area contributed by atoms with Gasteiger partial charge in [0.15, 0.2) is 0 Å². The topological polar surface area (TPSA) is 50.8 Å². The van der Waals surface area contributed by atoms with Crippen LogP contribution in [0.25, 0.3) is 11.1 Å².